The molecule has 0 bridgehead atoms. The Labute approximate surface area is 113 Å². The van der Waals surface area contributed by atoms with E-state index < -0.39 is 0 Å². The maximum absolute atomic E-state index is 6.07. The Bertz CT molecular complexity index is 556. The lowest BCUT2D eigenvalue weighted by Gasteiger charge is -2.04. The fourth-order valence-electron chi connectivity index (χ4n) is 1.55. The highest BCUT2D eigenvalue weighted by atomic mass is 35.5. The quantitative estimate of drug-likeness (QED) is 0.711. The van der Waals surface area contributed by atoms with Crippen LogP contribution in [0.2, 0.25) is 10.0 Å². The molecule has 0 N–H and O–H groups in total. The van der Waals surface area contributed by atoms with Crippen LogP contribution >= 0.6 is 46.4 Å². The van der Waals surface area contributed by atoms with Crippen LogP contribution in [0.1, 0.15) is 0 Å². The van der Waals surface area contributed by atoms with Gasteiger partial charge in [-0.2, -0.15) is 0 Å². The van der Waals surface area contributed by atoms with Crippen molar-refractivity contribution in [1.82, 2.24) is 4.57 Å². The fourth-order valence-corrected chi connectivity index (χ4v) is 2.30. The van der Waals surface area contributed by atoms with Crippen LogP contribution in [0.3, 0.4) is 0 Å². The van der Waals surface area contributed by atoms with Gasteiger partial charge in [0.05, 0.1) is 17.1 Å². The zero-order valence-electron chi connectivity index (χ0n) is 8.05. The van der Waals surface area contributed by atoms with Gasteiger partial charge in [0.2, 0.25) is 0 Å². The van der Waals surface area contributed by atoms with Crippen LogP contribution < -0.4 is 0 Å². The molecule has 0 aliphatic rings. The SMILES string of the molecule is Cl/C=C(/Cl)Cn1ccc2c(Cl)cc(Cl)cc21. The number of hydrogen-bond acceptors (Lipinski definition) is 0. The van der Waals surface area contributed by atoms with Crippen LogP contribution in [0, 0.1) is 0 Å². The van der Waals surface area contributed by atoms with Gasteiger partial charge in [0.25, 0.3) is 0 Å². The van der Waals surface area contributed by atoms with Crippen molar-refractivity contribution in [2.24, 2.45) is 0 Å². The van der Waals surface area contributed by atoms with E-state index in [-0.39, 0.29) is 0 Å². The predicted octanol–water partition coefficient (Wildman–Crippen LogP) is 5.27. The van der Waals surface area contributed by atoms with Crippen molar-refractivity contribution in [3.63, 3.8) is 0 Å². The first-order valence-corrected chi connectivity index (χ1v) is 6.07. The lowest BCUT2D eigenvalue weighted by atomic mass is 10.2. The number of allylic oxidation sites excluding steroid dienone is 1. The van der Waals surface area contributed by atoms with Crippen LogP contribution in [0.25, 0.3) is 10.9 Å². The standard InChI is InChI=1S/C11H7Cl4N/c12-5-8(14)6-16-2-1-9-10(15)3-7(13)4-11(9)16/h1-5H,6H2/b8-5+. The number of fused-ring (bicyclic) bond motifs is 1. The Kier molecular flexibility index (Phi) is 3.70. The van der Waals surface area contributed by atoms with E-state index >= 15 is 0 Å². The second kappa shape index (κ2) is 4.89. The van der Waals surface area contributed by atoms with Crippen molar-refractivity contribution >= 4 is 57.3 Å². The third kappa shape index (κ3) is 2.33. The minimum atomic E-state index is 0.505. The van der Waals surface area contributed by atoms with E-state index in [1.807, 2.05) is 22.9 Å². The average Bonchev–Trinajstić information content (AvgIpc) is 2.61. The van der Waals surface area contributed by atoms with Gasteiger partial charge in [0, 0.05) is 27.2 Å². The largest absolute Gasteiger partial charge is 0.342 e. The molecule has 1 nitrogen and oxygen atoms in total. The third-order valence-electron chi connectivity index (χ3n) is 2.24. The molecule has 16 heavy (non-hydrogen) atoms. The first-order valence-electron chi connectivity index (χ1n) is 4.50. The average molecular weight is 295 g/mol. The molecule has 0 fully saturated rings. The zero-order chi connectivity index (χ0) is 11.7. The Hall–Kier alpha value is -0.340. The lowest BCUT2D eigenvalue weighted by molar-refractivity contribution is 0.852. The van der Waals surface area contributed by atoms with Crippen LogP contribution in [-0.4, -0.2) is 4.57 Å². The predicted molar refractivity (Wildman–Crippen MR) is 71.7 cm³/mol. The summed E-state index contributed by atoms with van der Waals surface area (Å²) in [6.45, 7) is 0.505. The highest BCUT2D eigenvalue weighted by Gasteiger charge is 2.06. The van der Waals surface area contributed by atoms with Crippen LogP contribution in [0.5, 0.6) is 0 Å². The zero-order valence-corrected chi connectivity index (χ0v) is 11.1. The molecule has 2 aromatic rings. The first kappa shape index (κ1) is 12.1. The number of halogens is 4. The minimum Gasteiger partial charge on any atom is -0.342 e. The minimum absolute atomic E-state index is 0.505. The Balaban J connectivity index is 2.56. The monoisotopic (exact) mass is 293 g/mol. The van der Waals surface area contributed by atoms with E-state index in [0.717, 1.165) is 10.9 Å². The highest BCUT2D eigenvalue weighted by molar-refractivity contribution is 6.38. The number of rotatable bonds is 2. The van der Waals surface area contributed by atoms with Crippen molar-refractivity contribution in [1.29, 1.82) is 0 Å². The molecule has 5 heteroatoms. The van der Waals surface area contributed by atoms with Crippen molar-refractivity contribution in [2.45, 2.75) is 6.54 Å². The Morgan fingerprint density at radius 3 is 2.75 bits per heavy atom. The summed E-state index contributed by atoms with van der Waals surface area (Å²) in [5.74, 6) is 0. The molecule has 1 aromatic carbocycles. The molecule has 0 saturated heterocycles. The lowest BCUT2D eigenvalue weighted by Crippen LogP contribution is -1.95. The molecular weight excluding hydrogens is 288 g/mol. The molecule has 0 aliphatic heterocycles. The van der Waals surface area contributed by atoms with Gasteiger partial charge in [0.1, 0.15) is 0 Å². The first-order chi connectivity index (χ1) is 7.61. The summed E-state index contributed by atoms with van der Waals surface area (Å²) in [7, 11) is 0. The van der Waals surface area contributed by atoms with Gasteiger partial charge in [-0.1, -0.05) is 46.4 Å². The van der Waals surface area contributed by atoms with Crippen molar-refractivity contribution < 1.29 is 0 Å². The topological polar surface area (TPSA) is 4.93 Å². The molecule has 0 amide bonds. The number of benzene rings is 1. The molecule has 0 radical (unpaired) electrons. The molecule has 0 saturated carbocycles. The summed E-state index contributed by atoms with van der Waals surface area (Å²) in [4.78, 5) is 0. The van der Waals surface area contributed by atoms with Crippen molar-refractivity contribution in [2.75, 3.05) is 0 Å². The summed E-state index contributed by atoms with van der Waals surface area (Å²) < 4.78 is 1.94. The van der Waals surface area contributed by atoms with E-state index in [0.29, 0.717) is 21.6 Å². The smallest absolute Gasteiger partial charge is 0.0592 e. The Morgan fingerprint density at radius 2 is 2.06 bits per heavy atom. The van der Waals surface area contributed by atoms with E-state index in [1.54, 1.807) is 6.07 Å². The van der Waals surface area contributed by atoms with Gasteiger partial charge >= 0.3 is 0 Å². The molecular formula is C11H7Cl4N. The van der Waals surface area contributed by atoms with Crippen LogP contribution in [0.15, 0.2) is 35.0 Å². The van der Waals surface area contributed by atoms with Gasteiger partial charge in [-0.15, -0.1) is 0 Å². The van der Waals surface area contributed by atoms with E-state index in [2.05, 4.69) is 0 Å². The number of nitrogens with zero attached hydrogens (tertiary/aromatic N) is 1. The molecule has 1 aromatic heterocycles. The van der Waals surface area contributed by atoms with Crippen molar-refractivity contribution in [3.05, 3.63) is 45.0 Å². The summed E-state index contributed by atoms with van der Waals surface area (Å²) in [6, 6.07) is 5.49. The summed E-state index contributed by atoms with van der Waals surface area (Å²) in [5.41, 5.74) is 2.29. The van der Waals surface area contributed by atoms with Gasteiger partial charge < -0.3 is 4.57 Å². The Morgan fingerprint density at radius 1 is 1.31 bits per heavy atom. The van der Waals surface area contributed by atoms with Crippen molar-refractivity contribution in [3.8, 4) is 0 Å². The number of hydrogen-bond donors (Lipinski definition) is 0. The molecule has 0 aliphatic carbocycles. The van der Waals surface area contributed by atoms with E-state index in [9.17, 15) is 0 Å². The van der Waals surface area contributed by atoms with Gasteiger partial charge in [0.15, 0.2) is 0 Å². The summed E-state index contributed by atoms with van der Waals surface area (Å²) in [5, 5.41) is 2.73. The number of aromatic nitrogens is 1. The normalized spacial score (nSPS) is 12.4. The fraction of sp³-hybridized carbons (Fsp3) is 0.0909. The summed E-state index contributed by atoms with van der Waals surface area (Å²) >= 11 is 23.4. The molecule has 84 valence electrons. The molecule has 0 atom stereocenters. The molecule has 2 rings (SSSR count). The highest BCUT2D eigenvalue weighted by Crippen LogP contribution is 2.29. The maximum atomic E-state index is 6.07. The third-order valence-corrected chi connectivity index (χ3v) is 3.38. The molecule has 0 spiro atoms. The second-order valence-electron chi connectivity index (χ2n) is 3.32. The van der Waals surface area contributed by atoms with E-state index in [4.69, 9.17) is 46.4 Å². The second-order valence-corrected chi connectivity index (χ2v) is 4.87. The van der Waals surface area contributed by atoms with Gasteiger partial charge in [-0.25, -0.2) is 0 Å². The van der Waals surface area contributed by atoms with Gasteiger partial charge in [-0.05, 0) is 18.2 Å². The van der Waals surface area contributed by atoms with Crippen LogP contribution in [0.4, 0.5) is 0 Å². The van der Waals surface area contributed by atoms with Crippen LogP contribution in [-0.2, 0) is 6.54 Å². The molecule has 1 heterocycles. The maximum Gasteiger partial charge on any atom is 0.0592 e. The summed E-state index contributed by atoms with van der Waals surface area (Å²) in [6.07, 6.45) is 1.90. The van der Waals surface area contributed by atoms with Gasteiger partial charge in [-0.3, -0.25) is 0 Å². The van der Waals surface area contributed by atoms with E-state index in [1.165, 1.54) is 5.54 Å². The molecule has 0 unspecified atom stereocenters.